The highest BCUT2D eigenvalue weighted by atomic mass is 16.5. The lowest BCUT2D eigenvalue weighted by molar-refractivity contribution is -0.149. The summed E-state index contributed by atoms with van der Waals surface area (Å²) in [5.74, 6) is 1.93. The van der Waals surface area contributed by atoms with Crippen molar-refractivity contribution >= 4 is 33.9 Å². The van der Waals surface area contributed by atoms with E-state index in [0.29, 0.717) is 75.4 Å². The third-order valence-electron chi connectivity index (χ3n) is 7.63. The van der Waals surface area contributed by atoms with Gasteiger partial charge in [-0.15, -0.1) is 0 Å². The molecule has 0 spiro atoms. The first kappa shape index (κ1) is 26.5. The van der Waals surface area contributed by atoms with Crippen molar-refractivity contribution in [1.29, 1.82) is 0 Å². The number of aliphatic hydroxyl groups is 1. The second-order valence-corrected chi connectivity index (χ2v) is 10.9. The number of hydrogen-bond acceptors (Lipinski definition) is 9. The minimum Gasteiger partial charge on any atom is -0.461 e. The Balaban J connectivity index is 1.37. The highest BCUT2D eigenvalue weighted by Crippen LogP contribution is 2.31. The third-order valence-corrected chi connectivity index (χ3v) is 7.63. The molecule has 1 aromatic carbocycles. The van der Waals surface area contributed by atoms with Crippen molar-refractivity contribution in [3.8, 4) is 12.0 Å². The van der Waals surface area contributed by atoms with E-state index in [2.05, 4.69) is 11.8 Å². The lowest BCUT2D eigenvalue weighted by Gasteiger charge is -2.34. The molecule has 6 rings (SSSR count). The molecule has 0 aliphatic carbocycles. The molecule has 3 aromatic heterocycles. The Bertz CT molecular complexity index is 1540. The monoisotopic (exact) mass is 548 g/mol. The summed E-state index contributed by atoms with van der Waals surface area (Å²) in [6.45, 7) is 8.82. The van der Waals surface area contributed by atoms with Gasteiger partial charge < -0.3 is 24.4 Å². The number of imidazole rings is 2. The number of para-hydroxylation sites is 2. The smallest absolute Gasteiger partial charge is 0.298 e. The number of benzene rings is 1. The first-order valence-corrected chi connectivity index (χ1v) is 14.0. The topological polar surface area (TPSA) is 124 Å². The average molecular weight is 549 g/mol. The summed E-state index contributed by atoms with van der Waals surface area (Å²) in [6.07, 6.45) is 1.93. The van der Waals surface area contributed by atoms with Gasteiger partial charge in [-0.05, 0) is 26.0 Å². The largest absolute Gasteiger partial charge is 0.461 e. The average Bonchev–Trinajstić information content (AvgIpc) is 3.49. The predicted octanol–water partition coefficient (Wildman–Crippen LogP) is 2.24. The van der Waals surface area contributed by atoms with Crippen LogP contribution in [0, 0.1) is 0 Å². The molecule has 0 radical (unpaired) electrons. The molecule has 40 heavy (non-hydrogen) atoms. The summed E-state index contributed by atoms with van der Waals surface area (Å²) in [7, 11) is 1.91. The second kappa shape index (κ2) is 10.3. The van der Waals surface area contributed by atoms with Crippen molar-refractivity contribution in [3.05, 3.63) is 30.1 Å². The van der Waals surface area contributed by atoms with Gasteiger partial charge in [0, 0.05) is 52.5 Å². The molecule has 0 unspecified atom stereocenters. The Morgan fingerprint density at radius 1 is 1.07 bits per heavy atom. The number of fused-ring (bicyclic) bond motifs is 2. The van der Waals surface area contributed by atoms with Crippen LogP contribution in [0.25, 0.3) is 28.1 Å². The molecule has 4 aromatic rings. The van der Waals surface area contributed by atoms with Crippen molar-refractivity contribution in [3.63, 3.8) is 0 Å². The van der Waals surface area contributed by atoms with Crippen LogP contribution in [0.5, 0.6) is 6.01 Å². The highest BCUT2D eigenvalue weighted by Gasteiger charge is 2.33. The van der Waals surface area contributed by atoms with Crippen molar-refractivity contribution in [2.75, 3.05) is 44.3 Å². The van der Waals surface area contributed by atoms with Crippen molar-refractivity contribution in [1.82, 2.24) is 34.0 Å². The van der Waals surface area contributed by atoms with E-state index < -0.39 is 5.60 Å². The van der Waals surface area contributed by atoms with Crippen LogP contribution in [0.1, 0.15) is 39.4 Å². The summed E-state index contributed by atoms with van der Waals surface area (Å²) < 4.78 is 15.9. The summed E-state index contributed by atoms with van der Waals surface area (Å²) in [5.41, 5.74) is 1.84. The summed E-state index contributed by atoms with van der Waals surface area (Å²) >= 11 is 0. The highest BCUT2D eigenvalue weighted by molar-refractivity contribution is 5.86. The Morgan fingerprint density at radius 3 is 2.50 bits per heavy atom. The number of aryl methyl sites for hydroxylation is 2. The van der Waals surface area contributed by atoms with Gasteiger partial charge >= 0.3 is 0 Å². The Kier molecular flexibility index (Phi) is 6.83. The minimum absolute atomic E-state index is 0.107. The summed E-state index contributed by atoms with van der Waals surface area (Å²) in [6, 6.07) is 8.49. The zero-order valence-corrected chi connectivity index (χ0v) is 23.5. The molecular formula is C28H36N8O4. The maximum absolute atomic E-state index is 12.5. The van der Waals surface area contributed by atoms with Crippen LogP contribution in [0.4, 0.5) is 5.82 Å². The Hall–Kier alpha value is -3.77. The maximum atomic E-state index is 12.5. The summed E-state index contributed by atoms with van der Waals surface area (Å²) in [4.78, 5) is 36.2. The normalized spacial score (nSPS) is 17.2. The van der Waals surface area contributed by atoms with Gasteiger partial charge in [-0.3, -0.25) is 13.9 Å². The van der Waals surface area contributed by atoms with E-state index in [9.17, 15) is 9.90 Å². The van der Waals surface area contributed by atoms with E-state index in [0.717, 1.165) is 29.1 Å². The molecule has 12 nitrogen and oxygen atoms in total. The fourth-order valence-corrected chi connectivity index (χ4v) is 5.47. The standard InChI is InChI=1S/C28H36N8O4/c1-5-21-29-19-8-6-7-9-20(19)36(21)26-31-23-22(24(32-26)34-14-16-39-17-15-34)30-27(33(23)4)40-18-10-12-35(13-11-18)25(37)28(2,3)38/h6-9,18,38H,5,10-17H2,1-4H3. The SMILES string of the molecule is CCc1nc2ccccc2n1-c1nc(N2CCOCC2)c2nc(OC3CCN(C(=O)C(C)(C)O)CC3)n(C)c2n1. The molecule has 12 heteroatoms. The van der Waals surface area contributed by atoms with E-state index in [1.54, 1.807) is 4.90 Å². The fraction of sp³-hybridized carbons (Fsp3) is 0.536. The van der Waals surface area contributed by atoms with E-state index in [-0.39, 0.29) is 12.0 Å². The molecule has 2 aliphatic heterocycles. The van der Waals surface area contributed by atoms with Crippen molar-refractivity contribution in [2.24, 2.45) is 7.05 Å². The van der Waals surface area contributed by atoms with Crippen LogP contribution < -0.4 is 9.64 Å². The maximum Gasteiger partial charge on any atom is 0.298 e. The molecule has 0 saturated carbocycles. The number of piperidine rings is 1. The number of amides is 1. The number of anilines is 1. The van der Waals surface area contributed by atoms with E-state index >= 15 is 0 Å². The second-order valence-electron chi connectivity index (χ2n) is 10.9. The van der Waals surface area contributed by atoms with Crippen LogP contribution in [-0.4, -0.2) is 96.1 Å². The number of nitrogens with zero attached hydrogens (tertiary/aromatic N) is 8. The zero-order valence-electron chi connectivity index (χ0n) is 23.5. The number of rotatable bonds is 6. The molecule has 1 amide bonds. The van der Waals surface area contributed by atoms with Gasteiger partial charge in [0.05, 0.1) is 24.2 Å². The minimum atomic E-state index is -1.38. The number of morpholine rings is 1. The van der Waals surface area contributed by atoms with E-state index in [1.807, 2.05) is 40.4 Å². The third kappa shape index (κ3) is 4.75. The van der Waals surface area contributed by atoms with Gasteiger partial charge in [-0.25, -0.2) is 4.98 Å². The first-order valence-electron chi connectivity index (χ1n) is 14.0. The van der Waals surface area contributed by atoms with Crippen LogP contribution in [0.15, 0.2) is 24.3 Å². The summed E-state index contributed by atoms with van der Waals surface area (Å²) in [5, 5.41) is 10.1. The lowest BCUT2D eigenvalue weighted by atomic mass is 10.0. The number of carbonyl (C=O) groups excluding carboxylic acids is 1. The van der Waals surface area contributed by atoms with Crippen molar-refractivity contribution < 1.29 is 19.4 Å². The first-order chi connectivity index (χ1) is 19.2. The molecule has 0 atom stereocenters. The van der Waals surface area contributed by atoms with Crippen LogP contribution in [0.3, 0.4) is 0 Å². The van der Waals surface area contributed by atoms with Gasteiger partial charge in [0.15, 0.2) is 17.0 Å². The van der Waals surface area contributed by atoms with E-state index in [4.69, 9.17) is 29.4 Å². The van der Waals surface area contributed by atoms with Crippen LogP contribution >= 0.6 is 0 Å². The molecule has 0 bridgehead atoms. The molecule has 5 heterocycles. The molecule has 1 N–H and O–H groups in total. The van der Waals surface area contributed by atoms with Crippen LogP contribution in [0.2, 0.25) is 0 Å². The molecule has 2 aliphatic rings. The van der Waals surface area contributed by atoms with Gasteiger partial charge in [-0.1, -0.05) is 19.1 Å². The van der Waals surface area contributed by atoms with Gasteiger partial charge in [-0.2, -0.15) is 15.0 Å². The number of ether oxygens (including phenoxy) is 2. The number of carbonyl (C=O) groups is 1. The molecule has 2 saturated heterocycles. The van der Waals surface area contributed by atoms with Gasteiger partial charge in [0.25, 0.3) is 11.9 Å². The Labute approximate surface area is 232 Å². The predicted molar refractivity (Wildman–Crippen MR) is 150 cm³/mol. The van der Waals surface area contributed by atoms with Crippen molar-refractivity contribution in [2.45, 2.75) is 51.7 Å². The molecular weight excluding hydrogens is 512 g/mol. The van der Waals surface area contributed by atoms with Gasteiger partial charge in [0.2, 0.25) is 5.95 Å². The zero-order chi connectivity index (χ0) is 28.0. The van der Waals surface area contributed by atoms with Gasteiger partial charge in [0.1, 0.15) is 17.5 Å². The number of likely N-dealkylation sites (tertiary alicyclic amines) is 1. The number of aromatic nitrogens is 6. The number of hydrogen-bond donors (Lipinski definition) is 1. The Morgan fingerprint density at radius 2 is 1.80 bits per heavy atom. The lowest BCUT2D eigenvalue weighted by Crippen LogP contribution is -2.49. The fourth-order valence-electron chi connectivity index (χ4n) is 5.47. The van der Waals surface area contributed by atoms with Crippen LogP contribution in [-0.2, 0) is 23.0 Å². The quantitative estimate of drug-likeness (QED) is 0.386. The molecule has 2 fully saturated rings. The molecule has 212 valence electrons. The van der Waals surface area contributed by atoms with E-state index in [1.165, 1.54) is 13.8 Å².